The molecule has 0 bridgehead atoms. The fourth-order valence-corrected chi connectivity index (χ4v) is 2.60. The Morgan fingerprint density at radius 2 is 1.83 bits per heavy atom. The van der Waals surface area contributed by atoms with Crippen LogP contribution in [0.25, 0.3) is 0 Å². The molecule has 1 heterocycles. The molecule has 0 aromatic rings. The minimum atomic E-state index is -0.810. The lowest BCUT2D eigenvalue weighted by atomic mass is 9.94. The van der Waals surface area contributed by atoms with Crippen LogP contribution in [-0.4, -0.2) is 41.3 Å². The molecule has 18 heavy (non-hydrogen) atoms. The zero-order chi connectivity index (χ0) is 13.6. The maximum Gasteiger partial charge on any atom is 0.317 e. The van der Waals surface area contributed by atoms with Crippen LogP contribution in [0.15, 0.2) is 0 Å². The van der Waals surface area contributed by atoms with E-state index >= 15 is 0 Å². The number of amides is 2. The van der Waals surface area contributed by atoms with Crippen molar-refractivity contribution >= 4 is 6.03 Å². The van der Waals surface area contributed by atoms with Gasteiger partial charge in [0.2, 0.25) is 0 Å². The first kappa shape index (κ1) is 15.3. The maximum absolute atomic E-state index is 12.0. The van der Waals surface area contributed by atoms with Gasteiger partial charge in [-0.25, -0.2) is 4.79 Å². The third-order valence-electron chi connectivity index (χ3n) is 3.36. The summed E-state index contributed by atoms with van der Waals surface area (Å²) < 4.78 is 0. The highest BCUT2D eigenvalue weighted by atomic mass is 16.3. The third kappa shape index (κ3) is 5.71. The van der Waals surface area contributed by atoms with E-state index in [1.165, 1.54) is 12.8 Å². The SMILES string of the molecule is CC(C)CC(C)(O)CNC(=O)N1CCCCCC1. The largest absolute Gasteiger partial charge is 0.388 e. The third-order valence-corrected chi connectivity index (χ3v) is 3.36. The van der Waals surface area contributed by atoms with Crippen LogP contribution in [0.3, 0.4) is 0 Å². The Bertz CT molecular complexity index is 257. The molecule has 1 aliphatic rings. The first-order chi connectivity index (χ1) is 8.41. The molecule has 1 rings (SSSR count). The highest BCUT2D eigenvalue weighted by Crippen LogP contribution is 2.15. The second-order valence-corrected chi connectivity index (χ2v) is 6.15. The molecule has 1 aliphatic heterocycles. The number of rotatable bonds is 4. The standard InChI is InChI=1S/C14H28N2O2/c1-12(2)10-14(3,18)11-15-13(17)16-8-6-4-5-7-9-16/h12,18H,4-11H2,1-3H3,(H,15,17). The van der Waals surface area contributed by atoms with Crippen molar-refractivity contribution < 1.29 is 9.90 Å². The van der Waals surface area contributed by atoms with Gasteiger partial charge in [0.1, 0.15) is 0 Å². The number of nitrogens with one attached hydrogen (secondary N) is 1. The van der Waals surface area contributed by atoms with E-state index in [2.05, 4.69) is 19.2 Å². The van der Waals surface area contributed by atoms with Gasteiger partial charge in [-0.1, -0.05) is 26.7 Å². The first-order valence-corrected chi connectivity index (χ1v) is 7.16. The molecule has 0 aromatic heterocycles. The number of hydrogen-bond acceptors (Lipinski definition) is 2. The monoisotopic (exact) mass is 256 g/mol. The fourth-order valence-electron chi connectivity index (χ4n) is 2.60. The molecule has 1 atom stereocenters. The molecular weight excluding hydrogens is 228 g/mol. The molecule has 106 valence electrons. The van der Waals surface area contributed by atoms with Crippen molar-refractivity contribution in [2.45, 2.75) is 58.5 Å². The van der Waals surface area contributed by atoms with E-state index < -0.39 is 5.60 Å². The number of hydrogen-bond donors (Lipinski definition) is 2. The smallest absolute Gasteiger partial charge is 0.317 e. The van der Waals surface area contributed by atoms with Crippen molar-refractivity contribution in [2.75, 3.05) is 19.6 Å². The normalized spacial score (nSPS) is 20.4. The molecule has 4 heteroatoms. The minimum absolute atomic E-state index is 0.0269. The Balaban J connectivity index is 2.35. The van der Waals surface area contributed by atoms with E-state index in [-0.39, 0.29) is 6.03 Å². The van der Waals surface area contributed by atoms with Gasteiger partial charge in [-0.05, 0) is 32.1 Å². The number of carbonyl (C=O) groups is 1. The molecule has 2 amide bonds. The second-order valence-electron chi connectivity index (χ2n) is 6.15. The Morgan fingerprint density at radius 1 is 1.28 bits per heavy atom. The van der Waals surface area contributed by atoms with Gasteiger partial charge in [0.15, 0.2) is 0 Å². The molecule has 0 saturated carbocycles. The Morgan fingerprint density at radius 3 is 2.33 bits per heavy atom. The van der Waals surface area contributed by atoms with Crippen LogP contribution in [0, 0.1) is 5.92 Å². The number of urea groups is 1. The minimum Gasteiger partial charge on any atom is -0.388 e. The molecule has 1 saturated heterocycles. The molecule has 4 nitrogen and oxygen atoms in total. The maximum atomic E-state index is 12.0. The molecule has 0 radical (unpaired) electrons. The summed E-state index contributed by atoms with van der Waals surface area (Å²) in [5.41, 5.74) is -0.810. The van der Waals surface area contributed by atoms with Crippen molar-refractivity contribution in [3.63, 3.8) is 0 Å². The molecule has 0 aromatic carbocycles. The lowest BCUT2D eigenvalue weighted by Gasteiger charge is -2.28. The highest BCUT2D eigenvalue weighted by molar-refractivity contribution is 5.74. The van der Waals surface area contributed by atoms with Gasteiger partial charge < -0.3 is 15.3 Å². The lowest BCUT2D eigenvalue weighted by Crippen LogP contribution is -2.47. The number of nitrogens with zero attached hydrogens (tertiary/aromatic N) is 1. The van der Waals surface area contributed by atoms with E-state index in [0.717, 1.165) is 25.9 Å². The van der Waals surface area contributed by atoms with Crippen molar-refractivity contribution in [1.29, 1.82) is 0 Å². The average Bonchev–Trinajstić information content (AvgIpc) is 2.52. The van der Waals surface area contributed by atoms with Crippen LogP contribution in [0.5, 0.6) is 0 Å². The van der Waals surface area contributed by atoms with Gasteiger partial charge in [-0.2, -0.15) is 0 Å². The average molecular weight is 256 g/mol. The summed E-state index contributed by atoms with van der Waals surface area (Å²) in [5.74, 6) is 0.426. The number of carbonyl (C=O) groups excluding carboxylic acids is 1. The fraction of sp³-hybridized carbons (Fsp3) is 0.929. The summed E-state index contributed by atoms with van der Waals surface area (Å²) >= 11 is 0. The van der Waals surface area contributed by atoms with Crippen molar-refractivity contribution in [3.05, 3.63) is 0 Å². The molecule has 0 spiro atoms. The van der Waals surface area contributed by atoms with Gasteiger partial charge in [0, 0.05) is 19.6 Å². The number of aliphatic hydroxyl groups is 1. The van der Waals surface area contributed by atoms with Gasteiger partial charge >= 0.3 is 6.03 Å². The highest BCUT2D eigenvalue weighted by Gasteiger charge is 2.24. The van der Waals surface area contributed by atoms with Gasteiger partial charge in [0.25, 0.3) is 0 Å². The van der Waals surface area contributed by atoms with Crippen LogP contribution in [0.1, 0.15) is 52.9 Å². The van der Waals surface area contributed by atoms with E-state index in [4.69, 9.17) is 0 Å². The zero-order valence-corrected chi connectivity index (χ0v) is 12.0. The van der Waals surface area contributed by atoms with E-state index in [9.17, 15) is 9.90 Å². The molecule has 0 aliphatic carbocycles. The summed E-state index contributed by atoms with van der Waals surface area (Å²) in [6, 6.07) is -0.0269. The van der Waals surface area contributed by atoms with E-state index in [0.29, 0.717) is 18.9 Å². The Kier molecular flexibility index (Phi) is 5.93. The topological polar surface area (TPSA) is 52.6 Å². The predicted octanol–water partition coefficient (Wildman–Crippen LogP) is 2.37. The summed E-state index contributed by atoms with van der Waals surface area (Å²) in [7, 11) is 0. The Labute approximate surface area is 111 Å². The van der Waals surface area contributed by atoms with E-state index in [1.807, 2.05) is 4.90 Å². The predicted molar refractivity (Wildman–Crippen MR) is 73.5 cm³/mol. The van der Waals surface area contributed by atoms with Crippen molar-refractivity contribution in [3.8, 4) is 0 Å². The Hall–Kier alpha value is -0.770. The summed E-state index contributed by atoms with van der Waals surface area (Å²) in [5, 5.41) is 13.0. The van der Waals surface area contributed by atoms with Crippen LogP contribution in [0.4, 0.5) is 4.79 Å². The lowest BCUT2D eigenvalue weighted by molar-refractivity contribution is 0.0395. The number of likely N-dealkylation sites (tertiary alicyclic amines) is 1. The van der Waals surface area contributed by atoms with Gasteiger partial charge in [-0.3, -0.25) is 0 Å². The quantitative estimate of drug-likeness (QED) is 0.811. The van der Waals surface area contributed by atoms with Gasteiger partial charge in [-0.15, -0.1) is 0 Å². The van der Waals surface area contributed by atoms with Gasteiger partial charge in [0.05, 0.1) is 5.60 Å². The van der Waals surface area contributed by atoms with Crippen molar-refractivity contribution in [1.82, 2.24) is 10.2 Å². The summed E-state index contributed by atoms with van der Waals surface area (Å²) in [6.45, 7) is 7.96. The van der Waals surface area contributed by atoms with Crippen LogP contribution in [0.2, 0.25) is 0 Å². The van der Waals surface area contributed by atoms with Crippen LogP contribution in [-0.2, 0) is 0 Å². The molecule has 1 unspecified atom stereocenters. The zero-order valence-electron chi connectivity index (χ0n) is 12.0. The van der Waals surface area contributed by atoms with Crippen LogP contribution < -0.4 is 5.32 Å². The van der Waals surface area contributed by atoms with Crippen LogP contribution >= 0.6 is 0 Å². The van der Waals surface area contributed by atoms with E-state index in [1.54, 1.807) is 6.92 Å². The molecule has 2 N–H and O–H groups in total. The summed E-state index contributed by atoms with van der Waals surface area (Å²) in [4.78, 5) is 13.9. The first-order valence-electron chi connectivity index (χ1n) is 7.16. The second kappa shape index (κ2) is 6.98. The molecule has 1 fully saturated rings. The molecular formula is C14H28N2O2. The van der Waals surface area contributed by atoms with Crippen molar-refractivity contribution in [2.24, 2.45) is 5.92 Å². The summed E-state index contributed by atoms with van der Waals surface area (Å²) in [6.07, 6.45) is 5.32.